The molecular weight excluding hydrogens is 371 g/mol. The fourth-order valence-electron chi connectivity index (χ4n) is 3.57. The fourth-order valence-corrected chi connectivity index (χ4v) is 3.91. The van der Waals surface area contributed by atoms with E-state index in [1.165, 1.54) is 38.4 Å². The minimum atomic E-state index is -0.208. The summed E-state index contributed by atoms with van der Waals surface area (Å²) < 4.78 is 14.7. The molecule has 1 unspecified atom stereocenters. The number of guanidine groups is 1. The average Bonchev–Trinajstić information content (AvgIpc) is 3.24. The van der Waals surface area contributed by atoms with Gasteiger partial charge in [0, 0.05) is 35.7 Å². The Kier molecular flexibility index (Phi) is 6.11. The van der Waals surface area contributed by atoms with Crippen LogP contribution in [-0.2, 0) is 6.54 Å². The molecule has 0 aliphatic carbocycles. The maximum Gasteiger partial charge on any atom is 0.194 e. The van der Waals surface area contributed by atoms with Crippen molar-refractivity contribution in [1.29, 1.82) is 0 Å². The first-order valence-electron chi connectivity index (χ1n) is 8.88. The van der Waals surface area contributed by atoms with Gasteiger partial charge in [-0.3, -0.25) is 4.90 Å². The maximum atomic E-state index is 14.0. The smallest absolute Gasteiger partial charge is 0.194 e. The Hall–Kier alpha value is -1.14. The van der Waals surface area contributed by atoms with Gasteiger partial charge in [0.05, 0.1) is 6.54 Å². The zero-order chi connectivity index (χ0) is 16.9. The molecule has 24 heavy (non-hydrogen) atoms. The van der Waals surface area contributed by atoms with Crippen LogP contribution in [0.3, 0.4) is 0 Å². The van der Waals surface area contributed by atoms with Crippen LogP contribution in [0.15, 0.2) is 27.7 Å². The van der Waals surface area contributed by atoms with Crippen molar-refractivity contribution in [3.05, 3.63) is 34.1 Å². The van der Waals surface area contributed by atoms with Crippen molar-refractivity contribution < 1.29 is 4.39 Å². The summed E-state index contributed by atoms with van der Waals surface area (Å²) in [5.74, 6) is 0.696. The highest BCUT2D eigenvalue weighted by atomic mass is 79.9. The van der Waals surface area contributed by atoms with Crippen molar-refractivity contribution >= 4 is 21.9 Å². The van der Waals surface area contributed by atoms with Gasteiger partial charge in [0.1, 0.15) is 5.82 Å². The number of rotatable bonds is 4. The summed E-state index contributed by atoms with van der Waals surface area (Å²) in [6, 6.07) is 5.79. The number of halogens is 2. The first-order chi connectivity index (χ1) is 11.7. The minimum Gasteiger partial charge on any atom is -0.357 e. The Morgan fingerprint density at radius 1 is 1.33 bits per heavy atom. The molecule has 4 nitrogen and oxygen atoms in total. The van der Waals surface area contributed by atoms with E-state index in [0.717, 1.165) is 30.1 Å². The summed E-state index contributed by atoms with van der Waals surface area (Å²) in [6.07, 6.45) is 3.85. The molecule has 2 saturated heterocycles. The summed E-state index contributed by atoms with van der Waals surface area (Å²) in [5.41, 5.74) is 0.629. The number of nitrogens with one attached hydrogen (secondary N) is 1. The summed E-state index contributed by atoms with van der Waals surface area (Å²) in [7, 11) is 0. The van der Waals surface area contributed by atoms with Gasteiger partial charge in [0.15, 0.2) is 5.96 Å². The maximum absolute atomic E-state index is 14.0. The Morgan fingerprint density at radius 2 is 2.12 bits per heavy atom. The molecule has 1 aromatic rings. The number of hydrogen-bond acceptors (Lipinski definition) is 2. The van der Waals surface area contributed by atoms with Crippen LogP contribution in [0.1, 0.15) is 31.7 Å². The standard InChI is InChI=1S/C18H26BrFN4/c1-2-21-18(22-12-14-5-6-15(19)11-17(14)20)24-10-7-16(13-24)23-8-3-4-9-23/h5-6,11,16H,2-4,7-10,12-13H2,1H3,(H,21,22). The summed E-state index contributed by atoms with van der Waals surface area (Å²) in [4.78, 5) is 9.61. The van der Waals surface area contributed by atoms with E-state index in [2.05, 4.69) is 43.0 Å². The molecule has 1 atom stereocenters. The molecule has 0 saturated carbocycles. The lowest BCUT2D eigenvalue weighted by molar-refractivity contribution is 0.249. The van der Waals surface area contributed by atoms with Crippen LogP contribution in [0.2, 0.25) is 0 Å². The van der Waals surface area contributed by atoms with E-state index in [1.54, 1.807) is 6.07 Å². The zero-order valence-corrected chi connectivity index (χ0v) is 15.9. The highest BCUT2D eigenvalue weighted by molar-refractivity contribution is 9.10. The van der Waals surface area contributed by atoms with Crippen LogP contribution < -0.4 is 5.32 Å². The van der Waals surface area contributed by atoms with Gasteiger partial charge in [-0.1, -0.05) is 22.0 Å². The Morgan fingerprint density at radius 3 is 2.83 bits per heavy atom. The lowest BCUT2D eigenvalue weighted by Gasteiger charge is -2.25. The number of hydrogen-bond donors (Lipinski definition) is 1. The van der Waals surface area contributed by atoms with Crippen LogP contribution in [0.4, 0.5) is 4.39 Å². The van der Waals surface area contributed by atoms with E-state index in [1.807, 2.05) is 6.07 Å². The summed E-state index contributed by atoms with van der Waals surface area (Å²) >= 11 is 3.29. The fraction of sp³-hybridized carbons (Fsp3) is 0.611. The van der Waals surface area contributed by atoms with Crippen molar-refractivity contribution in [1.82, 2.24) is 15.1 Å². The molecule has 0 bridgehead atoms. The Balaban J connectivity index is 1.65. The molecule has 2 heterocycles. The van der Waals surface area contributed by atoms with E-state index in [0.29, 0.717) is 18.2 Å². The lowest BCUT2D eigenvalue weighted by atomic mass is 10.2. The van der Waals surface area contributed by atoms with Gasteiger partial charge in [0.25, 0.3) is 0 Å². The monoisotopic (exact) mass is 396 g/mol. The van der Waals surface area contributed by atoms with Gasteiger partial charge in [0.2, 0.25) is 0 Å². The quantitative estimate of drug-likeness (QED) is 0.625. The molecule has 1 N–H and O–H groups in total. The first kappa shape index (κ1) is 17.7. The van der Waals surface area contributed by atoms with Gasteiger partial charge < -0.3 is 10.2 Å². The molecule has 6 heteroatoms. The van der Waals surface area contributed by atoms with E-state index >= 15 is 0 Å². The van der Waals surface area contributed by atoms with Gasteiger partial charge in [-0.2, -0.15) is 0 Å². The zero-order valence-electron chi connectivity index (χ0n) is 14.3. The molecule has 3 rings (SSSR count). The molecule has 0 radical (unpaired) electrons. The second-order valence-electron chi connectivity index (χ2n) is 6.54. The van der Waals surface area contributed by atoms with Gasteiger partial charge in [-0.15, -0.1) is 0 Å². The van der Waals surface area contributed by atoms with E-state index in [-0.39, 0.29) is 5.82 Å². The minimum absolute atomic E-state index is 0.208. The predicted octanol–water partition coefficient (Wildman–Crippen LogP) is 3.22. The van der Waals surface area contributed by atoms with Crippen LogP contribution in [0.25, 0.3) is 0 Å². The number of aliphatic imine (C=N–C) groups is 1. The van der Waals surface area contributed by atoms with Crippen molar-refractivity contribution in [3.63, 3.8) is 0 Å². The third-order valence-corrected chi connectivity index (χ3v) is 5.36. The molecule has 0 amide bonds. The molecule has 132 valence electrons. The molecule has 2 fully saturated rings. The Labute approximate surface area is 152 Å². The molecule has 0 spiro atoms. The molecule has 0 aromatic heterocycles. The van der Waals surface area contributed by atoms with Crippen LogP contribution >= 0.6 is 15.9 Å². The van der Waals surface area contributed by atoms with Gasteiger partial charge >= 0.3 is 0 Å². The van der Waals surface area contributed by atoms with Crippen molar-refractivity contribution in [3.8, 4) is 0 Å². The number of likely N-dealkylation sites (tertiary alicyclic amines) is 2. The number of nitrogens with zero attached hydrogens (tertiary/aromatic N) is 3. The lowest BCUT2D eigenvalue weighted by Crippen LogP contribution is -2.42. The van der Waals surface area contributed by atoms with Crippen molar-refractivity contribution in [2.24, 2.45) is 4.99 Å². The topological polar surface area (TPSA) is 30.9 Å². The average molecular weight is 397 g/mol. The second-order valence-corrected chi connectivity index (χ2v) is 7.45. The Bertz CT molecular complexity index is 586. The van der Waals surface area contributed by atoms with Crippen LogP contribution in [-0.4, -0.2) is 54.5 Å². The predicted molar refractivity (Wildman–Crippen MR) is 99.7 cm³/mol. The molecular formula is C18H26BrFN4. The first-order valence-corrected chi connectivity index (χ1v) is 9.68. The molecule has 2 aliphatic rings. The van der Waals surface area contributed by atoms with Crippen LogP contribution in [0.5, 0.6) is 0 Å². The van der Waals surface area contributed by atoms with Crippen LogP contribution in [0, 0.1) is 5.82 Å². The van der Waals surface area contributed by atoms with Gasteiger partial charge in [-0.05, 0) is 51.4 Å². The SMILES string of the molecule is CCNC(=NCc1ccc(Br)cc1F)N1CCC(N2CCCC2)C1. The van der Waals surface area contributed by atoms with E-state index in [4.69, 9.17) is 0 Å². The molecule has 1 aromatic carbocycles. The second kappa shape index (κ2) is 8.30. The van der Waals surface area contributed by atoms with Crippen molar-refractivity contribution in [2.45, 2.75) is 38.8 Å². The third kappa shape index (κ3) is 4.28. The highest BCUT2D eigenvalue weighted by Gasteiger charge is 2.30. The van der Waals surface area contributed by atoms with Crippen molar-refractivity contribution in [2.75, 3.05) is 32.7 Å². The third-order valence-electron chi connectivity index (χ3n) is 4.87. The van der Waals surface area contributed by atoms with Gasteiger partial charge in [-0.25, -0.2) is 9.38 Å². The summed E-state index contributed by atoms with van der Waals surface area (Å²) in [6.45, 7) is 7.78. The van der Waals surface area contributed by atoms with E-state index in [9.17, 15) is 4.39 Å². The normalized spacial score (nSPS) is 22.4. The number of benzene rings is 1. The largest absolute Gasteiger partial charge is 0.357 e. The molecule has 2 aliphatic heterocycles. The van der Waals surface area contributed by atoms with E-state index < -0.39 is 0 Å². The highest BCUT2D eigenvalue weighted by Crippen LogP contribution is 2.21. The summed E-state index contributed by atoms with van der Waals surface area (Å²) in [5, 5.41) is 3.36.